The lowest BCUT2D eigenvalue weighted by Crippen LogP contribution is -2.55. The zero-order valence-corrected chi connectivity index (χ0v) is 14.8. The lowest BCUT2D eigenvalue weighted by atomic mass is 9.83. The number of cyclic esters (lactones) is 1. The molecule has 0 amide bonds. The van der Waals surface area contributed by atoms with E-state index in [1.807, 2.05) is 6.92 Å². The van der Waals surface area contributed by atoms with Gasteiger partial charge in [-0.25, -0.2) is 14.4 Å². The summed E-state index contributed by atoms with van der Waals surface area (Å²) < 4.78 is 15.5. The van der Waals surface area contributed by atoms with Crippen molar-refractivity contribution in [2.75, 3.05) is 19.8 Å². The Labute approximate surface area is 151 Å². The van der Waals surface area contributed by atoms with Crippen LogP contribution in [0.25, 0.3) is 0 Å². The average Bonchev–Trinajstić information content (AvgIpc) is 2.68. The largest absolute Gasteiger partial charge is 0.445 e. The molecule has 148 valence electrons. The minimum atomic E-state index is -2.02. The second kappa shape index (κ2) is 8.32. The van der Waals surface area contributed by atoms with Crippen LogP contribution in [0, 0.1) is 5.92 Å². The Hall–Kier alpha value is -1.71. The third-order valence-corrected chi connectivity index (χ3v) is 5.16. The van der Waals surface area contributed by atoms with Gasteiger partial charge >= 0.3 is 17.9 Å². The molecule has 4 unspecified atom stereocenters. The van der Waals surface area contributed by atoms with Crippen molar-refractivity contribution in [3.05, 3.63) is 0 Å². The monoisotopic (exact) mass is 374 g/mol. The molecule has 2 fully saturated rings. The molecule has 0 aromatic rings. The summed E-state index contributed by atoms with van der Waals surface area (Å²) in [5, 5.41) is 29.1. The van der Waals surface area contributed by atoms with Crippen LogP contribution in [0.3, 0.4) is 0 Å². The number of hydrogen-bond donors (Lipinski definition) is 3. The highest BCUT2D eigenvalue weighted by atomic mass is 16.7. The van der Waals surface area contributed by atoms with Gasteiger partial charge in [0, 0.05) is 12.8 Å². The molecule has 2 bridgehead atoms. The molecule has 0 spiro atoms. The Morgan fingerprint density at radius 2 is 1.69 bits per heavy atom. The van der Waals surface area contributed by atoms with Crippen LogP contribution in [-0.2, 0) is 28.6 Å². The van der Waals surface area contributed by atoms with E-state index in [0.29, 0.717) is 25.7 Å². The van der Waals surface area contributed by atoms with E-state index in [9.17, 15) is 29.7 Å². The lowest BCUT2D eigenvalue weighted by Gasteiger charge is -2.36. The van der Waals surface area contributed by atoms with E-state index in [1.165, 1.54) is 0 Å². The van der Waals surface area contributed by atoms with Crippen LogP contribution in [0.1, 0.15) is 45.4 Å². The first-order valence-electron chi connectivity index (χ1n) is 8.86. The quantitative estimate of drug-likeness (QED) is 0.436. The number of esters is 3. The zero-order chi connectivity index (χ0) is 19.4. The molecule has 3 N–H and O–H groups in total. The van der Waals surface area contributed by atoms with E-state index in [4.69, 9.17) is 14.2 Å². The fourth-order valence-electron chi connectivity index (χ4n) is 3.38. The van der Waals surface area contributed by atoms with Gasteiger partial charge in [0.15, 0.2) is 0 Å². The van der Waals surface area contributed by atoms with E-state index in [1.54, 1.807) is 0 Å². The molecular formula is C17H26O9. The fraction of sp³-hybridized carbons (Fsp3) is 0.824. The summed E-state index contributed by atoms with van der Waals surface area (Å²) >= 11 is 0. The van der Waals surface area contributed by atoms with E-state index in [2.05, 4.69) is 0 Å². The number of hydrogen-bond acceptors (Lipinski definition) is 9. The normalized spacial score (nSPS) is 36.2. The topological polar surface area (TPSA) is 140 Å². The molecule has 0 aromatic carbocycles. The highest BCUT2D eigenvalue weighted by molar-refractivity contribution is 5.92. The van der Waals surface area contributed by atoms with E-state index >= 15 is 0 Å². The highest BCUT2D eigenvalue weighted by Crippen LogP contribution is 2.35. The van der Waals surface area contributed by atoms with Crippen LogP contribution in [0.5, 0.6) is 0 Å². The van der Waals surface area contributed by atoms with Crippen molar-refractivity contribution in [3.8, 4) is 0 Å². The summed E-state index contributed by atoms with van der Waals surface area (Å²) in [5.41, 5.74) is -4.02. The van der Waals surface area contributed by atoms with Crippen molar-refractivity contribution in [2.24, 2.45) is 5.92 Å². The third-order valence-electron chi connectivity index (χ3n) is 5.16. The molecule has 2 aliphatic heterocycles. The van der Waals surface area contributed by atoms with Crippen LogP contribution in [0.4, 0.5) is 0 Å². The van der Waals surface area contributed by atoms with Crippen molar-refractivity contribution >= 4 is 17.9 Å². The molecule has 0 saturated carbocycles. The molecule has 26 heavy (non-hydrogen) atoms. The predicted molar refractivity (Wildman–Crippen MR) is 85.6 cm³/mol. The van der Waals surface area contributed by atoms with Gasteiger partial charge in [-0.05, 0) is 12.3 Å². The summed E-state index contributed by atoms with van der Waals surface area (Å²) in [6.45, 7) is -0.630. The zero-order valence-electron chi connectivity index (χ0n) is 14.8. The van der Waals surface area contributed by atoms with Crippen LogP contribution in [0.2, 0.25) is 0 Å². The lowest BCUT2D eigenvalue weighted by molar-refractivity contribution is -0.204. The molecule has 2 saturated heterocycles. The van der Waals surface area contributed by atoms with Gasteiger partial charge in [0.1, 0.15) is 0 Å². The maximum Gasteiger partial charge on any atom is 0.354 e. The van der Waals surface area contributed by atoms with Gasteiger partial charge in [-0.3, -0.25) is 0 Å². The van der Waals surface area contributed by atoms with Crippen LogP contribution in [0.15, 0.2) is 0 Å². The number of ether oxygens (including phenoxy) is 3. The van der Waals surface area contributed by atoms with Crippen molar-refractivity contribution in [1.29, 1.82) is 0 Å². The number of fused-ring (bicyclic) bond motifs is 3. The smallest absolute Gasteiger partial charge is 0.354 e. The van der Waals surface area contributed by atoms with Gasteiger partial charge in [-0.15, -0.1) is 0 Å². The van der Waals surface area contributed by atoms with Crippen molar-refractivity contribution < 1.29 is 43.9 Å². The van der Waals surface area contributed by atoms with Gasteiger partial charge < -0.3 is 29.5 Å². The molecule has 2 aliphatic rings. The van der Waals surface area contributed by atoms with E-state index in [0.717, 1.165) is 0 Å². The maximum atomic E-state index is 12.8. The average molecular weight is 374 g/mol. The third kappa shape index (κ3) is 3.84. The molecule has 0 radical (unpaired) electrons. The Kier molecular flexibility index (Phi) is 6.59. The Morgan fingerprint density at radius 3 is 2.27 bits per heavy atom. The van der Waals surface area contributed by atoms with Gasteiger partial charge in [0.05, 0.1) is 19.8 Å². The summed E-state index contributed by atoms with van der Waals surface area (Å²) in [6.07, 6.45) is 0.916. The molecule has 9 heteroatoms. The molecule has 2 rings (SSSR count). The Balaban J connectivity index is 2.56. The minimum absolute atomic E-state index is 0.00163. The van der Waals surface area contributed by atoms with Crippen LogP contribution < -0.4 is 0 Å². The first-order valence-corrected chi connectivity index (χ1v) is 8.86. The number of carbonyl (C=O) groups excluding carboxylic acids is 3. The first-order chi connectivity index (χ1) is 12.4. The van der Waals surface area contributed by atoms with Crippen molar-refractivity contribution in [2.45, 2.75) is 62.8 Å². The number of aliphatic hydroxyl groups excluding tert-OH is 3. The number of carbonyl (C=O) groups is 3. The fourth-order valence-corrected chi connectivity index (χ4v) is 3.38. The van der Waals surface area contributed by atoms with Gasteiger partial charge in [-0.2, -0.15) is 0 Å². The summed E-state index contributed by atoms with van der Waals surface area (Å²) in [5.74, 6) is -3.38. The molecule has 9 nitrogen and oxygen atoms in total. The van der Waals surface area contributed by atoms with Crippen molar-refractivity contribution in [1.82, 2.24) is 0 Å². The van der Waals surface area contributed by atoms with Crippen LogP contribution >= 0.6 is 0 Å². The second-order valence-corrected chi connectivity index (χ2v) is 6.92. The second-order valence-electron chi connectivity index (χ2n) is 6.92. The Bertz CT molecular complexity index is 548. The van der Waals surface area contributed by atoms with E-state index < -0.39 is 55.0 Å². The summed E-state index contributed by atoms with van der Waals surface area (Å²) in [6, 6.07) is 0. The SMILES string of the molecule is CCC1CCCCC2(CO)OC(=O)C(CO)OC(=O)C(CO)(C1)OC2=O. The van der Waals surface area contributed by atoms with Gasteiger partial charge in [0.25, 0.3) is 0 Å². The standard InChI is InChI=1S/C17H26O9/c1-2-11-5-3-4-6-16(9-19)15(23)26-17(7-11,10-20)14(22)24-12(8-18)13(21)25-16/h11-12,18-20H,2-10H2,1H3. The molecular weight excluding hydrogens is 348 g/mol. The van der Waals surface area contributed by atoms with Crippen molar-refractivity contribution in [3.63, 3.8) is 0 Å². The number of aliphatic hydroxyl groups is 3. The number of rotatable bonds is 4. The van der Waals surface area contributed by atoms with Crippen LogP contribution in [-0.4, -0.2) is 70.4 Å². The molecule has 2 heterocycles. The van der Waals surface area contributed by atoms with Gasteiger partial charge in [0.2, 0.25) is 17.3 Å². The molecule has 4 atom stereocenters. The highest BCUT2D eigenvalue weighted by Gasteiger charge is 2.55. The Morgan fingerprint density at radius 1 is 1.00 bits per heavy atom. The predicted octanol–water partition coefficient (Wildman–Crippen LogP) is -0.557. The van der Waals surface area contributed by atoms with Gasteiger partial charge in [-0.1, -0.05) is 26.2 Å². The maximum absolute atomic E-state index is 12.8. The first kappa shape index (κ1) is 20.6. The summed E-state index contributed by atoms with van der Waals surface area (Å²) in [4.78, 5) is 37.7. The molecule has 0 aromatic heterocycles. The molecule has 0 aliphatic carbocycles. The minimum Gasteiger partial charge on any atom is -0.445 e. The summed E-state index contributed by atoms with van der Waals surface area (Å²) in [7, 11) is 0. The van der Waals surface area contributed by atoms with E-state index in [-0.39, 0.29) is 18.8 Å².